The summed E-state index contributed by atoms with van der Waals surface area (Å²) in [5.74, 6) is 0.333. The molecule has 154 valence electrons. The molecule has 0 atom stereocenters. The Kier molecular flexibility index (Phi) is 6.19. The molecule has 2 fully saturated rings. The van der Waals surface area contributed by atoms with Crippen molar-refractivity contribution >= 4 is 6.03 Å². The first-order chi connectivity index (χ1) is 14.2. The van der Waals surface area contributed by atoms with Gasteiger partial charge in [0.15, 0.2) is 0 Å². The predicted molar refractivity (Wildman–Crippen MR) is 108 cm³/mol. The van der Waals surface area contributed by atoms with Crippen LogP contribution in [0, 0.1) is 5.92 Å². The Balaban J connectivity index is 1.32. The van der Waals surface area contributed by atoms with Gasteiger partial charge in [-0.1, -0.05) is 0 Å². The molecule has 8 nitrogen and oxygen atoms in total. The molecule has 2 saturated heterocycles. The zero-order valence-electron chi connectivity index (χ0n) is 16.5. The molecule has 2 aromatic heterocycles. The molecule has 0 bridgehead atoms. The van der Waals surface area contributed by atoms with Gasteiger partial charge in [-0.15, -0.1) is 0 Å². The van der Waals surface area contributed by atoms with Crippen LogP contribution in [0.3, 0.4) is 0 Å². The van der Waals surface area contributed by atoms with Crippen molar-refractivity contribution in [3.8, 4) is 11.3 Å². The minimum Gasteiger partial charge on any atom is -0.381 e. The van der Waals surface area contributed by atoms with E-state index in [0.717, 1.165) is 36.9 Å². The summed E-state index contributed by atoms with van der Waals surface area (Å²) >= 11 is 0. The van der Waals surface area contributed by atoms with Crippen LogP contribution in [0.15, 0.2) is 41.5 Å². The summed E-state index contributed by atoms with van der Waals surface area (Å²) < 4.78 is 6.90. The first-order valence-corrected chi connectivity index (χ1v) is 10.3. The number of pyridine rings is 1. The number of hydrogen-bond acceptors (Lipinski definition) is 5. The Morgan fingerprint density at radius 3 is 2.52 bits per heavy atom. The summed E-state index contributed by atoms with van der Waals surface area (Å²) in [7, 11) is 0. The normalized spacial score (nSPS) is 18.6. The monoisotopic (exact) mass is 397 g/mol. The SMILES string of the molecule is O=C(NC1CCOCC1)N1CCC(Cn2nc(-c3ccncc3)ccc2=O)CC1. The largest absolute Gasteiger partial charge is 0.381 e. The minimum atomic E-state index is -0.0949. The molecule has 0 radical (unpaired) electrons. The van der Waals surface area contributed by atoms with Gasteiger partial charge in [0.1, 0.15) is 0 Å². The number of amides is 2. The number of nitrogens with one attached hydrogen (secondary N) is 1. The second kappa shape index (κ2) is 9.17. The average molecular weight is 397 g/mol. The smallest absolute Gasteiger partial charge is 0.317 e. The van der Waals surface area contributed by atoms with Crippen molar-refractivity contribution in [2.75, 3.05) is 26.3 Å². The van der Waals surface area contributed by atoms with Crippen molar-refractivity contribution in [1.82, 2.24) is 25.0 Å². The average Bonchev–Trinajstić information content (AvgIpc) is 2.77. The predicted octanol–water partition coefficient (Wildman–Crippen LogP) is 1.91. The highest BCUT2D eigenvalue weighted by molar-refractivity contribution is 5.74. The van der Waals surface area contributed by atoms with Gasteiger partial charge in [-0.05, 0) is 49.8 Å². The van der Waals surface area contributed by atoms with Crippen LogP contribution in [0.1, 0.15) is 25.7 Å². The van der Waals surface area contributed by atoms with E-state index >= 15 is 0 Å². The van der Waals surface area contributed by atoms with Gasteiger partial charge < -0.3 is 15.0 Å². The lowest BCUT2D eigenvalue weighted by atomic mass is 9.97. The summed E-state index contributed by atoms with van der Waals surface area (Å²) in [5.41, 5.74) is 1.61. The molecule has 2 aliphatic rings. The number of likely N-dealkylation sites (tertiary alicyclic amines) is 1. The lowest BCUT2D eigenvalue weighted by Gasteiger charge is -2.34. The zero-order chi connectivity index (χ0) is 20.1. The lowest BCUT2D eigenvalue weighted by molar-refractivity contribution is 0.0769. The Morgan fingerprint density at radius 1 is 1.07 bits per heavy atom. The lowest BCUT2D eigenvalue weighted by Crippen LogP contribution is -2.49. The van der Waals surface area contributed by atoms with Gasteiger partial charge in [0.25, 0.3) is 5.56 Å². The molecule has 2 aromatic rings. The van der Waals surface area contributed by atoms with Gasteiger partial charge in [-0.3, -0.25) is 9.78 Å². The molecule has 0 aliphatic carbocycles. The summed E-state index contributed by atoms with van der Waals surface area (Å²) in [4.78, 5) is 30.7. The van der Waals surface area contributed by atoms with Crippen molar-refractivity contribution in [2.45, 2.75) is 38.3 Å². The molecule has 29 heavy (non-hydrogen) atoms. The van der Waals surface area contributed by atoms with Crippen LogP contribution in [-0.4, -0.2) is 58.0 Å². The van der Waals surface area contributed by atoms with Gasteiger partial charge in [0.05, 0.1) is 5.69 Å². The molecule has 0 unspecified atom stereocenters. The van der Waals surface area contributed by atoms with E-state index < -0.39 is 0 Å². The number of piperidine rings is 1. The first-order valence-electron chi connectivity index (χ1n) is 10.3. The van der Waals surface area contributed by atoms with Crippen molar-refractivity contribution in [2.24, 2.45) is 5.92 Å². The van der Waals surface area contributed by atoms with Crippen molar-refractivity contribution in [3.05, 3.63) is 47.0 Å². The number of carbonyl (C=O) groups excluding carboxylic acids is 1. The Labute approximate surface area is 169 Å². The quantitative estimate of drug-likeness (QED) is 0.851. The maximum absolute atomic E-state index is 12.5. The second-order valence-electron chi connectivity index (χ2n) is 7.74. The maximum Gasteiger partial charge on any atom is 0.317 e. The van der Waals surface area contributed by atoms with Gasteiger partial charge >= 0.3 is 6.03 Å². The standard InChI is InChI=1S/C21H27N5O3/c27-20-2-1-19(17-3-9-22-10-4-17)24-26(20)15-16-5-11-25(12-6-16)21(28)23-18-7-13-29-14-8-18/h1-4,9-10,16,18H,5-8,11-15H2,(H,23,28). The van der Waals surface area contributed by atoms with Crippen LogP contribution >= 0.6 is 0 Å². The third-order valence-corrected chi connectivity index (χ3v) is 5.72. The van der Waals surface area contributed by atoms with Crippen LogP contribution in [0.2, 0.25) is 0 Å². The third-order valence-electron chi connectivity index (χ3n) is 5.72. The molecule has 4 heterocycles. The Hall–Kier alpha value is -2.74. The molecule has 1 N–H and O–H groups in total. The van der Waals surface area contributed by atoms with E-state index in [1.54, 1.807) is 29.2 Å². The number of aromatic nitrogens is 3. The highest BCUT2D eigenvalue weighted by Gasteiger charge is 2.25. The van der Waals surface area contributed by atoms with E-state index in [1.165, 1.54) is 0 Å². The molecule has 0 saturated carbocycles. The first kappa shape index (κ1) is 19.6. The number of urea groups is 1. The Morgan fingerprint density at radius 2 is 1.79 bits per heavy atom. The summed E-state index contributed by atoms with van der Waals surface area (Å²) in [6.45, 7) is 3.42. The highest BCUT2D eigenvalue weighted by atomic mass is 16.5. The number of rotatable bonds is 4. The minimum absolute atomic E-state index is 0.0188. The van der Waals surface area contributed by atoms with Gasteiger partial charge in [0.2, 0.25) is 0 Å². The third kappa shape index (κ3) is 5.00. The fraction of sp³-hybridized carbons (Fsp3) is 0.524. The van der Waals surface area contributed by atoms with Crippen LogP contribution in [0.25, 0.3) is 11.3 Å². The van der Waals surface area contributed by atoms with Gasteiger partial charge in [-0.2, -0.15) is 5.10 Å². The fourth-order valence-electron chi connectivity index (χ4n) is 3.93. The van der Waals surface area contributed by atoms with E-state index in [4.69, 9.17) is 4.74 Å². The molecule has 2 amide bonds. The van der Waals surface area contributed by atoms with Gasteiger partial charge in [0, 0.05) is 62.9 Å². The van der Waals surface area contributed by atoms with E-state index in [9.17, 15) is 9.59 Å². The molecule has 0 aromatic carbocycles. The molecule has 8 heteroatoms. The van der Waals surface area contributed by atoms with E-state index in [1.807, 2.05) is 17.0 Å². The number of ether oxygens (including phenoxy) is 1. The molecule has 2 aliphatic heterocycles. The van der Waals surface area contributed by atoms with E-state index in [-0.39, 0.29) is 17.6 Å². The molecule has 0 spiro atoms. The van der Waals surface area contributed by atoms with Crippen molar-refractivity contribution < 1.29 is 9.53 Å². The van der Waals surface area contributed by atoms with Crippen LogP contribution in [0.5, 0.6) is 0 Å². The summed E-state index contributed by atoms with van der Waals surface area (Å²) in [5, 5.41) is 7.66. The highest BCUT2D eigenvalue weighted by Crippen LogP contribution is 2.20. The van der Waals surface area contributed by atoms with Crippen LogP contribution < -0.4 is 10.9 Å². The van der Waals surface area contributed by atoms with E-state index in [0.29, 0.717) is 38.8 Å². The Bertz CT molecular complexity index is 871. The van der Waals surface area contributed by atoms with Crippen molar-refractivity contribution in [3.63, 3.8) is 0 Å². The van der Waals surface area contributed by atoms with Gasteiger partial charge in [-0.25, -0.2) is 9.48 Å². The molecular weight excluding hydrogens is 370 g/mol. The maximum atomic E-state index is 12.5. The number of carbonyl (C=O) groups is 1. The summed E-state index contributed by atoms with van der Waals surface area (Å²) in [6, 6.07) is 7.31. The number of hydrogen-bond donors (Lipinski definition) is 1. The summed E-state index contributed by atoms with van der Waals surface area (Å²) in [6.07, 6.45) is 6.93. The van der Waals surface area contributed by atoms with Crippen LogP contribution in [0.4, 0.5) is 4.79 Å². The van der Waals surface area contributed by atoms with E-state index in [2.05, 4.69) is 15.4 Å². The van der Waals surface area contributed by atoms with Crippen LogP contribution in [-0.2, 0) is 11.3 Å². The topological polar surface area (TPSA) is 89.3 Å². The second-order valence-corrected chi connectivity index (χ2v) is 7.74. The van der Waals surface area contributed by atoms with Crippen molar-refractivity contribution in [1.29, 1.82) is 0 Å². The fourth-order valence-corrected chi connectivity index (χ4v) is 3.93. The number of nitrogens with zero attached hydrogens (tertiary/aromatic N) is 4. The molecule has 4 rings (SSSR count). The molecular formula is C21H27N5O3. The zero-order valence-corrected chi connectivity index (χ0v) is 16.5.